The first kappa shape index (κ1) is 23.7. The van der Waals surface area contributed by atoms with Crippen molar-refractivity contribution in [2.24, 2.45) is 17.3 Å². The third-order valence-electron chi connectivity index (χ3n) is 7.96. The number of allylic oxidation sites excluding steroid dienone is 3. The topological polar surface area (TPSA) is 69.9 Å². The van der Waals surface area contributed by atoms with Crippen LogP contribution in [0.4, 0.5) is 0 Å². The lowest BCUT2D eigenvalue weighted by Gasteiger charge is -2.44. The average Bonchev–Trinajstić information content (AvgIpc) is 3.00. The van der Waals surface area contributed by atoms with Gasteiger partial charge >= 0.3 is 0 Å². The maximum atomic E-state index is 10.1. The highest BCUT2D eigenvalue weighted by molar-refractivity contribution is 5.38. The van der Waals surface area contributed by atoms with Gasteiger partial charge in [0.15, 0.2) is 0 Å². The minimum atomic E-state index is -0.680. The lowest BCUT2D eigenvalue weighted by molar-refractivity contribution is -0.0454. The summed E-state index contributed by atoms with van der Waals surface area (Å²) < 4.78 is 6.19. The van der Waals surface area contributed by atoms with E-state index in [0.29, 0.717) is 37.7 Å². The third-order valence-corrected chi connectivity index (χ3v) is 7.96. The molecule has 3 aliphatic carbocycles. The normalized spacial score (nSPS) is 38.8. The van der Waals surface area contributed by atoms with E-state index in [2.05, 4.69) is 32.6 Å². The van der Waals surface area contributed by atoms with Crippen molar-refractivity contribution in [3.8, 4) is 0 Å². The van der Waals surface area contributed by atoms with Crippen molar-refractivity contribution in [3.63, 3.8) is 0 Å². The van der Waals surface area contributed by atoms with E-state index >= 15 is 0 Å². The fraction of sp³-hybridized carbons (Fsp3) is 0.769. The quantitative estimate of drug-likeness (QED) is 0.585. The lowest BCUT2D eigenvalue weighted by atomic mass is 9.62. The Morgan fingerprint density at radius 3 is 2.70 bits per heavy atom. The van der Waals surface area contributed by atoms with Crippen molar-refractivity contribution in [1.82, 2.24) is 0 Å². The lowest BCUT2D eigenvalue weighted by Crippen LogP contribution is -2.39. The largest absolute Gasteiger partial charge is 0.393 e. The summed E-state index contributed by atoms with van der Waals surface area (Å²) in [5.41, 5.74) is 2.82. The van der Waals surface area contributed by atoms with Gasteiger partial charge < -0.3 is 20.1 Å². The number of rotatable bonds is 6. The Kier molecular flexibility index (Phi) is 7.33. The monoisotopic (exact) mass is 418 g/mol. The van der Waals surface area contributed by atoms with E-state index < -0.39 is 17.8 Å². The highest BCUT2D eigenvalue weighted by atomic mass is 16.5. The number of aliphatic hydroxyl groups is 3. The molecule has 3 saturated carbocycles. The minimum absolute atomic E-state index is 0.198. The zero-order valence-corrected chi connectivity index (χ0v) is 19.4. The molecule has 3 aliphatic rings. The Balaban J connectivity index is 1.70. The van der Waals surface area contributed by atoms with Gasteiger partial charge in [-0.1, -0.05) is 31.2 Å². The van der Waals surface area contributed by atoms with E-state index in [1.165, 1.54) is 31.3 Å². The Morgan fingerprint density at radius 2 is 2.00 bits per heavy atom. The maximum Gasteiger partial charge on any atom is 0.0811 e. The molecule has 0 saturated heterocycles. The van der Waals surface area contributed by atoms with Crippen molar-refractivity contribution >= 4 is 0 Å². The highest BCUT2D eigenvalue weighted by Crippen LogP contribution is 2.58. The molecule has 0 aliphatic heterocycles. The molecule has 0 aromatic heterocycles. The van der Waals surface area contributed by atoms with Gasteiger partial charge in [0, 0.05) is 13.0 Å². The molecule has 0 spiro atoms. The summed E-state index contributed by atoms with van der Waals surface area (Å²) in [5, 5.41) is 30.1. The van der Waals surface area contributed by atoms with E-state index in [4.69, 9.17) is 4.74 Å². The van der Waals surface area contributed by atoms with Crippen molar-refractivity contribution in [3.05, 3.63) is 35.5 Å². The SMILES string of the molecule is C=C1/C(=C/C=C2\CCC[C@]3(C)[C@@H]([C@H](C)OCCC(C)(C)O)CC[C@@H]23)CC(O)C[C@@H]1O. The molecule has 3 N–H and O–H groups in total. The Bertz CT molecular complexity index is 686. The van der Waals surface area contributed by atoms with E-state index in [9.17, 15) is 15.3 Å². The van der Waals surface area contributed by atoms with Crippen molar-refractivity contribution in [2.75, 3.05) is 6.61 Å². The number of hydrogen-bond donors (Lipinski definition) is 3. The second kappa shape index (κ2) is 9.28. The van der Waals surface area contributed by atoms with Gasteiger partial charge in [0.25, 0.3) is 0 Å². The van der Waals surface area contributed by atoms with Crippen LogP contribution < -0.4 is 0 Å². The van der Waals surface area contributed by atoms with Crippen LogP contribution in [0, 0.1) is 17.3 Å². The first-order chi connectivity index (χ1) is 14.0. The summed E-state index contributed by atoms with van der Waals surface area (Å²) in [5.74, 6) is 1.11. The van der Waals surface area contributed by atoms with Crippen LogP contribution >= 0.6 is 0 Å². The molecule has 0 heterocycles. The molecule has 0 aromatic rings. The predicted molar refractivity (Wildman–Crippen MR) is 121 cm³/mol. The summed E-state index contributed by atoms with van der Waals surface area (Å²) in [4.78, 5) is 0. The van der Waals surface area contributed by atoms with Gasteiger partial charge in [-0.2, -0.15) is 0 Å². The van der Waals surface area contributed by atoms with Gasteiger partial charge in [-0.15, -0.1) is 0 Å². The molecular formula is C26H42O4. The molecule has 0 radical (unpaired) electrons. The molecular weight excluding hydrogens is 376 g/mol. The highest BCUT2D eigenvalue weighted by Gasteiger charge is 2.51. The minimum Gasteiger partial charge on any atom is -0.393 e. The van der Waals surface area contributed by atoms with Gasteiger partial charge in [0.1, 0.15) is 0 Å². The second-order valence-corrected chi connectivity index (χ2v) is 10.8. The van der Waals surface area contributed by atoms with E-state index in [0.717, 1.165) is 17.6 Å². The number of fused-ring (bicyclic) bond motifs is 1. The fourth-order valence-electron chi connectivity index (χ4n) is 6.13. The van der Waals surface area contributed by atoms with Crippen LogP contribution in [-0.2, 0) is 4.74 Å². The Morgan fingerprint density at radius 1 is 1.27 bits per heavy atom. The zero-order valence-electron chi connectivity index (χ0n) is 19.4. The Hall–Kier alpha value is -0.940. The summed E-state index contributed by atoms with van der Waals surface area (Å²) in [6.45, 7) is 13.0. The van der Waals surface area contributed by atoms with Crippen LogP contribution in [0.15, 0.2) is 35.5 Å². The third kappa shape index (κ3) is 5.27. The number of ether oxygens (including phenoxy) is 1. The first-order valence-electron chi connectivity index (χ1n) is 11.8. The van der Waals surface area contributed by atoms with Gasteiger partial charge in [0.05, 0.1) is 23.9 Å². The van der Waals surface area contributed by atoms with Crippen LogP contribution in [0.3, 0.4) is 0 Å². The summed E-state index contributed by atoms with van der Waals surface area (Å²) in [7, 11) is 0. The van der Waals surface area contributed by atoms with Crippen molar-refractivity contribution in [2.45, 2.75) is 103 Å². The molecule has 1 unspecified atom stereocenters. The molecule has 4 heteroatoms. The molecule has 0 bridgehead atoms. The maximum absolute atomic E-state index is 10.1. The standard InChI is InChI=1S/C26H42O4/c1-17-20(15-21(27)16-24(17)28)9-8-19-7-6-12-26(5)22(10-11-23(19)26)18(2)30-14-13-25(3,4)29/h8-9,18,21-24,27-29H,1,6-7,10-16H2,2-5H3/b19-8+,20-9+/t18-,21?,22+,23-,24-,26+/m0/s1. The Labute approximate surface area is 182 Å². The molecule has 3 rings (SSSR count). The molecule has 170 valence electrons. The smallest absolute Gasteiger partial charge is 0.0811 e. The van der Waals surface area contributed by atoms with Gasteiger partial charge in [-0.25, -0.2) is 0 Å². The van der Waals surface area contributed by atoms with Crippen LogP contribution in [0.1, 0.15) is 79.1 Å². The molecule has 0 aromatic carbocycles. The second-order valence-electron chi connectivity index (χ2n) is 10.8. The van der Waals surface area contributed by atoms with Crippen LogP contribution in [-0.4, -0.2) is 45.8 Å². The zero-order chi connectivity index (χ0) is 22.1. The number of aliphatic hydroxyl groups excluding tert-OH is 2. The van der Waals surface area contributed by atoms with Gasteiger partial charge in [-0.3, -0.25) is 0 Å². The fourth-order valence-corrected chi connectivity index (χ4v) is 6.13. The number of hydrogen-bond acceptors (Lipinski definition) is 4. The molecule has 4 nitrogen and oxygen atoms in total. The predicted octanol–water partition coefficient (Wildman–Crippen LogP) is 4.69. The van der Waals surface area contributed by atoms with E-state index in [1.807, 2.05) is 13.8 Å². The average molecular weight is 419 g/mol. The van der Waals surface area contributed by atoms with Gasteiger partial charge in [0.2, 0.25) is 0 Å². The van der Waals surface area contributed by atoms with Crippen LogP contribution in [0.5, 0.6) is 0 Å². The van der Waals surface area contributed by atoms with Crippen LogP contribution in [0.2, 0.25) is 0 Å². The first-order valence-corrected chi connectivity index (χ1v) is 11.8. The van der Waals surface area contributed by atoms with Crippen LogP contribution in [0.25, 0.3) is 0 Å². The summed E-state index contributed by atoms with van der Waals surface area (Å²) in [6, 6.07) is 0. The molecule has 30 heavy (non-hydrogen) atoms. The molecule has 3 fully saturated rings. The van der Waals surface area contributed by atoms with Crippen molar-refractivity contribution < 1.29 is 20.1 Å². The molecule has 0 amide bonds. The van der Waals surface area contributed by atoms with E-state index in [-0.39, 0.29) is 11.5 Å². The van der Waals surface area contributed by atoms with Crippen molar-refractivity contribution in [1.29, 1.82) is 0 Å². The molecule has 6 atom stereocenters. The summed E-state index contributed by atoms with van der Waals surface area (Å²) in [6.07, 6.45) is 11.0. The van der Waals surface area contributed by atoms with E-state index in [1.54, 1.807) is 0 Å². The van der Waals surface area contributed by atoms with Gasteiger partial charge in [-0.05, 0) is 94.1 Å². The summed E-state index contributed by atoms with van der Waals surface area (Å²) >= 11 is 0.